The zero-order chi connectivity index (χ0) is 18.1. The Hall–Kier alpha value is -2.93. The van der Waals surface area contributed by atoms with Crippen LogP contribution < -0.4 is 4.74 Å². The van der Waals surface area contributed by atoms with Crippen LogP contribution in [0, 0.1) is 6.92 Å². The summed E-state index contributed by atoms with van der Waals surface area (Å²) in [6, 6.07) is 5.97. The van der Waals surface area contributed by atoms with Gasteiger partial charge in [0.1, 0.15) is 11.9 Å². The van der Waals surface area contributed by atoms with E-state index in [0.29, 0.717) is 11.6 Å². The van der Waals surface area contributed by atoms with Crippen LogP contribution in [0.15, 0.2) is 30.7 Å². The fourth-order valence-corrected chi connectivity index (χ4v) is 3.15. The van der Waals surface area contributed by atoms with Gasteiger partial charge in [0.2, 0.25) is 0 Å². The molecular weight excluding hydrogens is 330 g/mol. The Bertz CT molecular complexity index is 957. The lowest BCUT2D eigenvalue weighted by atomic mass is 10.1. The smallest absolute Gasteiger partial charge is 0.174 e. The van der Waals surface area contributed by atoms with Crippen LogP contribution in [-0.4, -0.2) is 36.5 Å². The van der Waals surface area contributed by atoms with E-state index in [2.05, 4.69) is 15.1 Å². The number of methoxy groups -OCH3 is 1. The van der Waals surface area contributed by atoms with Gasteiger partial charge in [0, 0.05) is 12.7 Å². The van der Waals surface area contributed by atoms with Gasteiger partial charge in [-0.1, -0.05) is 12.1 Å². The molecule has 1 atom stereocenters. The van der Waals surface area contributed by atoms with E-state index >= 15 is 0 Å². The van der Waals surface area contributed by atoms with Crippen LogP contribution in [0.4, 0.5) is 0 Å². The molecule has 0 radical (unpaired) electrons. The van der Waals surface area contributed by atoms with Crippen LogP contribution in [0.5, 0.6) is 5.75 Å². The molecule has 0 aliphatic carbocycles. The summed E-state index contributed by atoms with van der Waals surface area (Å²) in [6.07, 6.45) is 8.68. The van der Waals surface area contributed by atoms with Crippen molar-refractivity contribution in [2.45, 2.75) is 32.4 Å². The maximum Gasteiger partial charge on any atom is 0.174 e. The first-order chi connectivity index (χ1) is 12.6. The molecule has 1 aromatic carbocycles. The minimum absolute atomic E-state index is 0.517. The first-order valence-electron chi connectivity index (χ1n) is 8.64. The van der Waals surface area contributed by atoms with Crippen LogP contribution >= 0.6 is 0 Å². The van der Waals surface area contributed by atoms with Gasteiger partial charge >= 0.3 is 0 Å². The van der Waals surface area contributed by atoms with E-state index in [9.17, 15) is 5.11 Å². The number of hydrogen-bond acceptors (Lipinski definition) is 5. The van der Waals surface area contributed by atoms with Crippen molar-refractivity contribution in [3.05, 3.63) is 53.6 Å². The van der Waals surface area contributed by atoms with E-state index in [-0.39, 0.29) is 0 Å². The highest BCUT2D eigenvalue weighted by atomic mass is 16.5. The van der Waals surface area contributed by atoms with Crippen LogP contribution in [0.1, 0.15) is 41.9 Å². The lowest BCUT2D eigenvalue weighted by Gasteiger charge is -2.16. The topological polar surface area (TPSA) is 78.0 Å². The van der Waals surface area contributed by atoms with E-state index in [1.54, 1.807) is 18.1 Å². The molecule has 3 heterocycles. The summed E-state index contributed by atoms with van der Waals surface area (Å²) in [5.41, 5.74) is 2.87. The number of aliphatic hydroxyl groups excluding tert-OH is 1. The van der Waals surface area contributed by atoms with Crippen molar-refractivity contribution in [3.8, 4) is 11.4 Å². The molecule has 0 saturated heterocycles. The molecule has 0 fully saturated rings. The van der Waals surface area contributed by atoms with Gasteiger partial charge in [-0.2, -0.15) is 5.10 Å². The van der Waals surface area contributed by atoms with Gasteiger partial charge in [-0.3, -0.25) is 0 Å². The molecule has 26 heavy (non-hydrogen) atoms. The number of ether oxygens (including phenoxy) is 1. The van der Waals surface area contributed by atoms with Gasteiger partial charge in [-0.25, -0.2) is 14.6 Å². The molecular formula is C19H21N5O2. The van der Waals surface area contributed by atoms with Gasteiger partial charge in [0.05, 0.1) is 24.8 Å². The Kier molecular flexibility index (Phi) is 4.30. The van der Waals surface area contributed by atoms with Crippen molar-refractivity contribution in [3.63, 3.8) is 0 Å². The number of rotatable bonds is 4. The average molecular weight is 351 g/mol. The van der Waals surface area contributed by atoms with Crippen LogP contribution in [0.3, 0.4) is 0 Å². The predicted octanol–water partition coefficient (Wildman–Crippen LogP) is 2.78. The molecule has 2 aromatic heterocycles. The molecule has 7 nitrogen and oxygen atoms in total. The molecule has 0 saturated carbocycles. The third kappa shape index (κ3) is 3.13. The fraction of sp³-hybridized carbons (Fsp3) is 0.316. The Balaban J connectivity index is 1.59. The SMILES string of the molecule is COc1cc(/C=C/c2nc3n(n2)CCCC3O)ccc1-n1cnc(C)c1. The van der Waals surface area contributed by atoms with Gasteiger partial charge in [0.25, 0.3) is 0 Å². The van der Waals surface area contributed by atoms with Gasteiger partial charge in [0.15, 0.2) is 11.6 Å². The summed E-state index contributed by atoms with van der Waals surface area (Å²) < 4.78 is 9.26. The number of aromatic nitrogens is 5. The Labute approximate surface area is 151 Å². The first-order valence-corrected chi connectivity index (χ1v) is 8.64. The Morgan fingerprint density at radius 1 is 1.31 bits per heavy atom. The molecule has 0 spiro atoms. The normalized spacial score (nSPS) is 16.8. The summed E-state index contributed by atoms with van der Waals surface area (Å²) in [5.74, 6) is 2.02. The number of nitrogens with zero attached hydrogens (tertiary/aromatic N) is 5. The maximum absolute atomic E-state index is 10.00. The van der Waals surface area contributed by atoms with E-state index in [4.69, 9.17) is 4.74 Å². The number of imidazole rings is 1. The highest BCUT2D eigenvalue weighted by Crippen LogP contribution is 2.26. The first kappa shape index (κ1) is 16.5. The monoisotopic (exact) mass is 351 g/mol. The van der Waals surface area contributed by atoms with Crippen molar-refractivity contribution in [1.82, 2.24) is 24.3 Å². The molecule has 1 aliphatic heterocycles. The number of aliphatic hydroxyl groups is 1. The van der Waals surface area contributed by atoms with E-state index < -0.39 is 6.10 Å². The van der Waals surface area contributed by atoms with Crippen molar-refractivity contribution in [1.29, 1.82) is 0 Å². The summed E-state index contributed by atoms with van der Waals surface area (Å²) in [5, 5.41) is 14.4. The molecule has 1 aliphatic rings. The summed E-state index contributed by atoms with van der Waals surface area (Å²) >= 11 is 0. The zero-order valence-corrected chi connectivity index (χ0v) is 14.8. The maximum atomic E-state index is 10.00. The van der Waals surface area contributed by atoms with Crippen molar-refractivity contribution < 1.29 is 9.84 Å². The van der Waals surface area contributed by atoms with Crippen LogP contribution in [0.2, 0.25) is 0 Å². The fourth-order valence-electron chi connectivity index (χ4n) is 3.15. The highest BCUT2D eigenvalue weighted by molar-refractivity contribution is 5.69. The predicted molar refractivity (Wildman–Crippen MR) is 98.0 cm³/mol. The molecule has 4 rings (SSSR count). The molecule has 1 N–H and O–H groups in total. The Morgan fingerprint density at radius 2 is 2.19 bits per heavy atom. The Morgan fingerprint density at radius 3 is 2.92 bits per heavy atom. The second kappa shape index (κ2) is 6.76. The molecule has 0 amide bonds. The molecule has 134 valence electrons. The minimum atomic E-state index is -0.517. The molecule has 0 bridgehead atoms. The quantitative estimate of drug-likeness (QED) is 0.782. The van der Waals surface area contributed by atoms with Gasteiger partial charge in [-0.15, -0.1) is 0 Å². The summed E-state index contributed by atoms with van der Waals surface area (Å²) in [4.78, 5) is 8.69. The second-order valence-electron chi connectivity index (χ2n) is 6.40. The third-order valence-electron chi connectivity index (χ3n) is 4.48. The average Bonchev–Trinajstić information content (AvgIpc) is 3.26. The van der Waals surface area contributed by atoms with Crippen molar-refractivity contribution >= 4 is 12.2 Å². The number of benzene rings is 1. The van der Waals surface area contributed by atoms with E-state index in [1.165, 1.54) is 0 Å². The largest absolute Gasteiger partial charge is 0.495 e. The molecule has 7 heteroatoms. The summed E-state index contributed by atoms with van der Waals surface area (Å²) in [6.45, 7) is 2.76. The van der Waals surface area contributed by atoms with Crippen molar-refractivity contribution in [2.24, 2.45) is 0 Å². The minimum Gasteiger partial charge on any atom is -0.495 e. The van der Waals surface area contributed by atoms with E-state index in [1.807, 2.05) is 48.0 Å². The highest BCUT2D eigenvalue weighted by Gasteiger charge is 2.21. The van der Waals surface area contributed by atoms with Crippen molar-refractivity contribution in [2.75, 3.05) is 7.11 Å². The van der Waals surface area contributed by atoms with Crippen LogP contribution in [0.25, 0.3) is 17.8 Å². The van der Waals surface area contributed by atoms with Gasteiger partial charge < -0.3 is 14.4 Å². The number of fused-ring (bicyclic) bond motifs is 1. The molecule has 3 aromatic rings. The zero-order valence-electron chi connectivity index (χ0n) is 14.8. The number of aryl methyl sites for hydroxylation is 2. The number of hydrogen-bond donors (Lipinski definition) is 1. The lowest BCUT2D eigenvalue weighted by Crippen LogP contribution is -2.16. The lowest BCUT2D eigenvalue weighted by molar-refractivity contribution is 0.130. The second-order valence-corrected chi connectivity index (χ2v) is 6.40. The summed E-state index contributed by atoms with van der Waals surface area (Å²) in [7, 11) is 1.66. The van der Waals surface area contributed by atoms with E-state index in [0.717, 1.165) is 42.1 Å². The molecule has 1 unspecified atom stereocenters. The third-order valence-corrected chi connectivity index (χ3v) is 4.48. The standard InChI is InChI=1S/C19H21N5O2/c1-13-11-23(12-20-13)15-7-5-14(10-17(15)26-2)6-8-18-21-19-16(25)4-3-9-24(19)22-18/h5-8,10-12,16,25H,3-4,9H2,1-2H3/b8-6+. The van der Waals surface area contributed by atoms with Gasteiger partial charge in [-0.05, 0) is 43.5 Å². The van der Waals surface area contributed by atoms with Crippen LogP contribution in [-0.2, 0) is 6.54 Å².